The van der Waals surface area contributed by atoms with E-state index in [2.05, 4.69) is 47.0 Å². The van der Waals surface area contributed by atoms with Crippen molar-refractivity contribution in [1.29, 1.82) is 0 Å². The summed E-state index contributed by atoms with van der Waals surface area (Å²) in [6.07, 6.45) is 5.94. The van der Waals surface area contributed by atoms with Gasteiger partial charge in [0, 0.05) is 12.6 Å². The van der Waals surface area contributed by atoms with Crippen molar-refractivity contribution in [1.82, 2.24) is 5.32 Å². The molecule has 0 aromatic rings. The number of nitrogens with one attached hydrogen (secondary N) is 1. The van der Waals surface area contributed by atoms with E-state index in [4.69, 9.17) is 4.74 Å². The van der Waals surface area contributed by atoms with Gasteiger partial charge in [-0.1, -0.05) is 40.5 Å². The summed E-state index contributed by atoms with van der Waals surface area (Å²) in [5, 5.41) is 3.50. The standard InChI is InChI=1S/C15H33NO/c1-7-13(8-2)12-14(16-6)15(9-3,10-4)17-11-5/h13-14,16H,7-12H2,1-6H3. The predicted octanol–water partition coefficient (Wildman–Crippen LogP) is 4.00. The zero-order chi connectivity index (χ0) is 13.3. The van der Waals surface area contributed by atoms with Gasteiger partial charge in [-0.15, -0.1) is 0 Å². The first kappa shape index (κ1) is 16.9. The molecule has 2 heteroatoms. The zero-order valence-electron chi connectivity index (χ0n) is 12.8. The van der Waals surface area contributed by atoms with E-state index in [-0.39, 0.29) is 5.60 Å². The minimum absolute atomic E-state index is 0.0199. The van der Waals surface area contributed by atoms with Gasteiger partial charge < -0.3 is 10.1 Å². The van der Waals surface area contributed by atoms with Crippen LogP contribution in [0, 0.1) is 5.92 Å². The van der Waals surface area contributed by atoms with Crippen LogP contribution in [-0.4, -0.2) is 25.3 Å². The van der Waals surface area contributed by atoms with Crippen molar-refractivity contribution in [3.63, 3.8) is 0 Å². The molecule has 0 radical (unpaired) electrons. The maximum absolute atomic E-state index is 6.11. The number of hydrogen-bond acceptors (Lipinski definition) is 2. The molecule has 0 aromatic heterocycles. The highest BCUT2D eigenvalue weighted by Crippen LogP contribution is 2.30. The fraction of sp³-hybridized carbons (Fsp3) is 1.00. The lowest BCUT2D eigenvalue weighted by Crippen LogP contribution is -2.51. The van der Waals surface area contributed by atoms with E-state index in [0.717, 1.165) is 25.4 Å². The van der Waals surface area contributed by atoms with Crippen LogP contribution in [0.3, 0.4) is 0 Å². The molecule has 0 heterocycles. The summed E-state index contributed by atoms with van der Waals surface area (Å²) in [5.41, 5.74) is 0.0199. The van der Waals surface area contributed by atoms with E-state index in [1.165, 1.54) is 19.3 Å². The van der Waals surface area contributed by atoms with Crippen molar-refractivity contribution in [2.75, 3.05) is 13.7 Å². The lowest BCUT2D eigenvalue weighted by atomic mass is 9.81. The van der Waals surface area contributed by atoms with Crippen molar-refractivity contribution in [3.8, 4) is 0 Å². The molecule has 1 atom stereocenters. The zero-order valence-corrected chi connectivity index (χ0v) is 12.8. The van der Waals surface area contributed by atoms with Crippen LogP contribution in [0.1, 0.15) is 66.7 Å². The van der Waals surface area contributed by atoms with Gasteiger partial charge in [0.2, 0.25) is 0 Å². The van der Waals surface area contributed by atoms with Gasteiger partial charge in [0.05, 0.1) is 5.60 Å². The Labute approximate surface area is 109 Å². The molecule has 1 N–H and O–H groups in total. The summed E-state index contributed by atoms with van der Waals surface area (Å²) in [6.45, 7) is 12.0. The van der Waals surface area contributed by atoms with Gasteiger partial charge in [0.15, 0.2) is 0 Å². The second-order valence-electron chi connectivity index (χ2n) is 4.96. The molecule has 0 bridgehead atoms. The van der Waals surface area contributed by atoms with Gasteiger partial charge in [-0.2, -0.15) is 0 Å². The van der Waals surface area contributed by atoms with Crippen LogP contribution >= 0.6 is 0 Å². The van der Waals surface area contributed by atoms with Crippen LogP contribution in [-0.2, 0) is 4.74 Å². The molecular weight excluding hydrogens is 210 g/mol. The molecular formula is C15H33NO. The predicted molar refractivity (Wildman–Crippen MR) is 76.5 cm³/mol. The maximum Gasteiger partial charge on any atom is 0.0829 e. The second-order valence-corrected chi connectivity index (χ2v) is 4.96. The second kappa shape index (κ2) is 8.93. The quantitative estimate of drug-likeness (QED) is 0.626. The van der Waals surface area contributed by atoms with E-state index in [9.17, 15) is 0 Å². The number of likely N-dealkylation sites (N-methyl/N-ethyl adjacent to an activating group) is 1. The van der Waals surface area contributed by atoms with Crippen LogP contribution < -0.4 is 5.32 Å². The van der Waals surface area contributed by atoms with E-state index >= 15 is 0 Å². The SMILES string of the molecule is CCOC(CC)(CC)C(CC(CC)CC)NC. The van der Waals surface area contributed by atoms with Crippen LogP contribution in [0.2, 0.25) is 0 Å². The van der Waals surface area contributed by atoms with Crippen LogP contribution in [0.5, 0.6) is 0 Å². The van der Waals surface area contributed by atoms with Gasteiger partial charge in [0.1, 0.15) is 0 Å². The monoisotopic (exact) mass is 243 g/mol. The van der Waals surface area contributed by atoms with Crippen molar-refractivity contribution < 1.29 is 4.74 Å². The highest BCUT2D eigenvalue weighted by Gasteiger charge is 2.36. The Morgan fingerprint density at radius 3 is 1.82 bits per heavy atom. The smallest absolute Gasteiger partial charge is 0.0829 e. The Morgan fingerprint density at radius 1 is 1.00 bits per heavy atom. The normalized spacial score (nSPS) is 14.3. The number of ether oxygens (including phenoxy) is 1. The minimum atomic E-state index is 0.0199. The number of hydrogen-bond donors (Lipinski definition) is 1. The van der Waals surface area contributed by atoms with E-state index < -0.39 is 0 Å². The molecule has 0 saturated carbocycles. The summed E-state index contributed by atoms with van der Waals surface area (Å²) in [4.78, 5) is 0. The van der Waals surface area contributed by atoms with Gasteiger partial charge >= 0.3 is 0 Å². The van der Waals surface area contributed by atoms with E-state index in [1.54, 1.807) is 0 Å². The average molecular weight is 243 g/mol. The van der Waals surface area contributed by atoms with Crippen LogP contribution in [0.15, 0.2) is 0 Å². The van der Waals surface area contributed by atoms with Crippen molar-refractivity contribution in [2.45, 2.75) is 78.4 Å². The molecule has 1 unspecified atom stereocenters. The van der Waals surface area contributed by atoms with Gasteiger partial charge in [-0.3, -0.25) is 0 Å². The first-order valence-corrected chi connectivity index (χ1v) is 7.45. The molecule has 0 spiro atoms. The first-order chi connectivity index (χ1) is 8.13. The Hall–Kier alpha value is -0.0800. The molecule has 0 aliphatic rings. The third kappa shape index (κ3) is 4.59. The van der Waals surface area contributed by atoms with E-state index in [0.29, 0.717) is 6.04 Å². The summed E-state index contributed by atoms with van der Waals surface area (Å²) in [5.74, 6) is 0.811. The molecule has 0 fully saturated rings. The largest absolute Gasteiger partial charge is 0.374 e. The Morgan fingerprint density at radius 2 is 1.53 bits per heavy atom. The van der Waals surface area contributed by atoms with Crippen LogP contribution in [0.4, 0.5) is 0 Å². The summed E-state index contributed by atoms with van der Waals surface area (Å²) < 4.78 is 6.11. The Balaban J connectivity index is 4.76. The average Bonchev–Trinajstić information content (AvgIpc) is 2.38. The fourth-order valence-electron chi connectivity index (χ4n) is 2.89. The van der Waals surface area contributed by atoms with Gasteiger partial charge in [-0.25, -0.2) is 0 Å². The topological polar surface area (TPSA) is 21.3 Å². The van der Waals surface area contributed by atoms with Crippen molar-refractivity contribution in [3.05, 3.63) is 0 Å². The highest BCUT2D eigenvalue weighted by molar-refractivity contribution is 4.92. The molecule has 0 aliphatic carbocycles. The molecule has 17 heavy (non-hydrogen) atoms. The molecule has 104 valence electrons. The molecule has 2 nitrogen and oxygen atoms in total. The molecule has 0 aliphatic heterocycles. The molecule has 0 aromatic carbocycles. The Kier molecular flexibility index (Phi) is 8.89. The highest BCUT2D eigenvalue weighted by atomic mass is 16.5. The lowest BCUT2D eigenvalue weighted by molar-refractivity contribution is -0.0754. The fourth-order valence-corrected chi connectivity index (χ4v) is 2.89. The summed E-state index contributed by atoms with van der Waals surface area (Å²) >= 11 is 0. The summed E-state index contributed by atoms with van der Waals surface area (Å²) in [7, 11) is 2.08. The van der Waals surface area contributed by atoms with Crippen molar-refractivity contribution >= 4 is 0 Å². The maximum atomic E-state index is 6.11. The minimum Gasteiger partial charge on any atom is -0.374 e. The van der Waals surface area contributed by atoms with Gasteiger partial charge in [-0.05, 0) is 39.2 Å². The molecule has 0 rings (SSSR count). The first-order valence-electron chi connectivity index (χ1n) is 7.45. The third-order valence-corrected chi connectivity index (χ3v) is 4.34. The number of rotatable bonds is 10. The molecule has 0 saturated heterocycles. The van der Waals surface area contributed by atoms with Crippen molar-refractivity contribution in [2.24, 2.45) is 5.92 Å². The van der Waals surface area contributed by atoms with Crippen LogP contribution in [0.25, 0.3) is 0 Å². The third-order valence-electron chi connectivity index (χ3n) is 4.34. The van der Waals surface area contributed by atoms with Gasteiger partial charge in [0.25, 0.3) is 0 Å². The molecule has 0 amide bonds. The Bertz CT molecular complexity index is 174. The summed E-state index contributed by atoms with van der Waals surface area (Å²) in [6, 6.07) is 0.474. The lowest BCUT2D eigenvalue weighted by Gasteiger charge is -2.40. The van der Waals surface area contributed by atoms with E-state index in [1.807, 2.05) is 0 Å².